The van der Waals surface area contributed by atoms with Crippen LogP contribution >= 0.6 is 0 Å². The molecule has 0 radical (unpaired) electrons. The van der Waals surface area contributed by atoms with Crippen molar-refractivity contribution >= 4 is 6.03 Å². The number of nitrogens with one attached hydrogen (secondary N) is 1. The van der Waals surface area contributed by atoms with E-state index < -0.39 is 0 Å². The lowest BCUT2D eigenvalue weighted by atomic mass is 10.1. The Morgan fingerprint density at radius 3 is 2.26 bits per heavy atom. The third-order valence-electron chi connectivity index (χ3n) is 5.53. The molecule has 3 rings (SSSR count). The molecule has 0 spiro atoms. The van der Waals surface area contributed by atoms with Crippen LogP contribution < -0.4 is 10.1 Å². The van der Waals surface area contributed by atoms with Crippen molar-refractivity contribution < 1.29 is 9.53 Å². The van der Waals surface area contributed by atoms with E-state index in [2.05, 4.69) is 20.3 Å². The molecule has 2 atom stereocenters. The molecular weight excluding hydrogens is 392 g/mol. The minimum atomic E-state index is -0.117. The summed E-state index contributed by atoms with van der Waals surface area (Å²) in [4.78, 5) is 20.6. The van der Waals surface area contributed by atoms with E-state index in [0.717, 1.165) is 22.6 Å². The number of carbonyl (C=O) groups excluding carboxylic acids is 1. The van der Waals surface area contributed by atoms with Crippen molar-refractivity contribution in [3.05, 3.63) is 72.3 Å². The normalized spacial score (nSPS) is 13.0. The number of amides is 2. The molecule has 3 aromatic rings. The summed E-state index contributed by atoms with van der Waals surface area (Å²) in [6, 6.07) is 15.7. The predicted molar refractivity (Wildman–Crippen MR) is 120 cm³/mol. The Bertz CT molecular complexity index is 955. The van der Waals surface area contributed by atoms with Crippen LogP contribution in [0.25, 0.3) is 5.69 Å². The molecule has 1 heterocycles. The van der Waals surface area contributed by atoms with Gasteiger partial charge in [0.2, 0.25) is 0 Å². The van der Waals surface area contributed by atoms with Gasteiger partial charge in [0.1, 0.15) is 18.4 Å². The topological polar surface area (TPSA) is 75.5 Å². The highest BCUT2D eigenvalue weighted by Gasteiger charge is 2.20. The molecule has 1 N–H and O–H groups in total. The van der Waals surface area contributed by atoms with E-state index in [0.29, 0.717) is 6.54 Å². The average Bonchev–Trinajstić information content (AvgIpc) is 3.33. The standard InChI is InChI=1S/C23H30N6O2/c1-17(18-6-10-20(11-7-18)29-16-24-15-26-29)28(4)23(30)25-14-22(27(2)3)19-8-12-21(31-5)13-9-19/h6-13,15-17,22H,14H2,1-5H3,(H,25,30). The summed E-state index contributed by atoms with van der Waals surface area (Å²) in [7, 11) is 7.47. The highest BCUT2D eigenvalue weighted by molar-refractivity contribution is 5.74. The van der Waals surface area contributed by atoms with Gasteiger partial charge in [0.05, 0.1) is 24.9 Å². The van der Waals surface area contributed by atoms with E-state index in [4.69, 9.17) is 4.74 Å². The van der Waals surface area contributed by atoms with Crippen LogP contribution in [0.1, 0.15) is 30.1 Å². The number of hydrogen-bond acceptors (Lipinski definition) is 5. The van der Waals surface area contributed by atoms with Gasteiger partial charge in [0.25, 0.3) is 0 Å². The van der Waals surface area contributed by atoms with Gasteiger partial charge >= 0.3 is 6.03 Å². The van der Waals surface area contributed by atoms with Crippen LogP contribution in [0, 0.1) is 0 Å². The molecule has 0 aliphatic heterocycles. The maximum Gasteiger partial charge on any atom is 0.317 e. The average molecular weight is 423 g/mol. The molecule has 0 saturated carbocycles. The molecule has 0 aliphatic rings. The Morgan fingerprint density at radius 2 is 1.71 bits per heavy atom. The van der Waals surface area contributed by atoms with Gasteiger partial charge in [-0.2, -0.15) is 5.10 Å². The second kappa shape index (κ2) is 10.1. The first-order chi connectivity index (χ1) is 14.9. The van der Waals surface area contributed by atoms with Gasteiger partial charge in [-0.15, -0.1) is 0 Å². The van der Waals surface area contributed by atoms with Crippen LogP contribution in [0.2, 0.25) is 0 Å². The molecule has 2 unspecified atom stereocenters. The highest BCUT2D eigenvalue weighted by atomic mass is 16.5. The van der Waals surface area contributed by atoms with Gasteiger partial charge in [-0.1, -0.05) is 24.3 Å². The number of rotatable bonds is 8. The van der Waals surface area contributed by atoms with Crippen molar-refractivity contribution in [2.45, 2.75) is 19.0 Å². The summed E-state index contributed by atoms with van der Waals surface area (Å²) in [5, 5.41) is 7.20. The summed E-state index contributed by atoms with van der Waals surface area (Å²) in [6.45, 7) is 2.51. The molecule has 2 aromatic carbocycles. The number of likely N-dealkylation sites (N-methyl/N-ethyl adjacent to an activating group) is 1. The number of benzene rings is 2. The number of nitrogens with zero attached hydrogens (tertiary/aromatic N) is 5. The molecule has 0 fully saturated rings. The third-order valence-corrected chi connectivity index (χ3v) is 5.53. The zero-order valence-electron chi connectivity index (χ0n) is 18.7. The summed E-state index contributed by atoms with van der Waals surface area (Å²) >= 11 is 0. The zero-order chi connectivity index (χ0) is 22.4. The van der Waals surface area contributed by atoms with Crippen LogP contribution in [0.3, 0.4) is 0 Å². The van der Waals surface area contributed by atoms with Crippen molar-refractivity contribution in [3.63, 3.8) is 0 Å². The predicted octanol–water partition coefficient (Wildman–Crippen LogP) is 3.28. The van der Waals surface area contributed by atoms with Crippen LogP contribution in [-0.2, 0) is 0 Å². The molecule has 1 aromatic heterocycles. The Morgan fingerprint density at radius 1 is 1.06 bits per heavy atom. The third kappa shape index (κ3) is 5.40. The Kier molecular flexibility index (Phi) is 7.25. The van der Waals surface area contributed by atoms with Gasteiger partial charge in [-0.25, -0.2) is 14.5 Å². The smallest absolute Gasteiger partial charge is 0.317 e. The molecular formula is C23H30N6O2. The van der Waals surface area contributed by atoms with Crippen molar-refractivity contribution in [2.24, 2.45) is 0 Å². The minimum Gasteiger partial charge on any atom is -0.497 e. The Labute approximate surface area is 183 Å². The molecule has 8 heteroatoms. The lowest BCUT2D eigenvalue weighted by Crippen LogP contribution is -2.42. The van der Waals surface area contributed by atoms with Crippen molar-refractivity contribution in [3.8, 4) is 11.4 Å². The highest BCUT2D eigenvalue weighted by Crippen LogP contribution is 2.22. The molecule has 0 aliphatic carbocycles. The van der Waals surface area contributed by atoms with E-state index in [-0.39, 0.29) is 18.1 Å². The molecule has 0 bridgehead atoms. The first kappa shape index (κ1) is 22.3. The van der Waals surface area contributed by atoms with Crippen LogP contribution in [0.5, 0.6) is 5.75 Å². The molecule has 2 amide bonds. The van der Waals surface area contributed by atoms with E-state index in [1.807, 2.05) is 76.6 Å². The molecule has 31 heavy (non-hydrogen) atoms. The maximum atomic E-state index is 12.8. The maximum absolute atomic E-state index is 12.8. The van der Waals surface area contributed by atoms with Crippen LogP contribution in [0.4, 0.5) is 4.79 Å². The number of urea groups is 1. The molecule has 8 nitrogen and oxygen atoms in total. The summed E-state index contributed by atoms with van der Waals surface area (Å²) in [5.41, 5.74) is 3.08. The minimum absolute atomic E-state index is 0.0560. The van der Waals surface area contributed by atoms with E-state index in [1.165, 1.54) is 6.33 Å². The SMILES string of the molecule is COc1ccc(C(CNC(=O)N(C)C(C)c2ccc(-n3cncn3)cc2)N(C)C)cc1. The van der Waals surface area contributed by atoms with Crippen LogP contribution in [0.15, 0.2) is 61.2 Å². The van der Waals surface area contributed by atoms with Gasteiger partial charge in [0, 0.05) is 13.6 Å². The Hall–Kier alpha value is -3.39. The van der Waals surface area contributed by atoms with Gasteiger partial charge in [0.15, 0.2) is 0 Å². The van der Waals surface area contributed by atoms with E-state index in [9.17, 15) is 4.79 Å². The van der Waals surface area contributed by atoms with Crippen molar-refractivity contribution in [2.75, 3.05) is 34.8 Å². The number of aromatic nitrogens is 3. The molecule has 164 valence electrons. The fraction of sp³-hybridized carbons (Fsp3) is 0.348. The van der Waals surface area contributed by atoms with Crippen molar-refractivity contribution in [1.29, 1.82) is 0 Å². The second-order valence-electron chi connectivity index (χ2n) is 7.66. The van der Waals surface area contributed by atoms with Gasteiger partial charge in [-0.05, 0) is 56.4 Å². The van der Waals surface area contributed by atoms with Gasteiger partial charge in [-0.3, -0.25) is 0 Å². The summed E-state index contributed by atoms with van der Waals surface area (Å²) in [5.74, 6) is 0.814. The number of hydrogen-bond donors (Lipinski definition) is 1. The fourth-order valence-electron chi connectivity index (χ4n) is 3.38. The Balaban J connectivity index is 1.61. The lowest BCUT2D eigenvalue weighted by molar-refractivity contribution is 0.189. The first-order valence-electron chi connectivity index (χ1n) is 10.2. The zero-order valence-corrected chi connectivity index (χ0v) is 18.7. The lowest BCUT2D eigenvalue weighted by Gasteiger charge is -2.29. The molecule has 0 saturated heterocycles. The largest absolute Gasteiger partial charge is 0.497 e. The second-order valence-corrected chi connectivity index (χ2v) is 7.66. The summed E-state index contributed by atoms with van der Waals surface area (Å²) in [6.07, 6.45) is 3.16. The first-order valence-corrected chi connectivity index (χ1v) is 10.2. The van der Waals surface area contributed by atoms with E-state index >= 15 is 0 Å². The summed E-state index contributed by atoms with van der Waals surface area (Å²) < 4.78 is 6.94. The van der Waals surface area contributed by atoms with Gasteiger partial charge < -0.3 is 19.9 Å². The van der Waals surface area contributed by atoms with Crippen molar-refractivity contribution in [1.82, 2.24) is 29.9 Å². The number of carbonyl (C=O) groups is 1. The fourth-order valence-corrected chi connectivity index (χ4v) is 3.38. The quantitative estimate of drug-likeness (QED) is 0.603. The monoisotopic (exact) mass is 422 g/mol. The number of ether oxygens (including phenoxy) is 1. The van der Waals surface area contributed by atoms with Crippen LogP contribution in [-0.4, -0.2) is 65.4 Å². The van der Waals surface area contributed by atoms with E-state index in [1.54, 1.807) is 23.0 Å². The number of methoxy groups -OCH3 is 1.